The lowest BCUT2D eigenvalue weighted by atomic mass is 9.87. The zero-order valence-corrected chi connectivity index (χ0v) is 12.2. The van der Waals surface area contributed by atoms with Gasteiger partial charge in [0.25, 0.3) is 5.91 Å². The third kappa shape index (κ3) is 2.86. The second-order valence-corrected chi connectivity index (χ2v) is 5.86. The van der Waals surface area contributed by atoms with E-state index in [2.05, 4.69) is 17.2 Å². The van der Waals surface area contributed by atoms with E-state index >= 15 is 0 Å². The van der Waals surface area contributed by atoms with E-state index in [4.69, 9.17) is 5.11 Å². The summed E-state index contributed by atoms with van der Waals surface area (Å²) in [5.74, 6) is -0.461. The third-order valence-corrected chi connectivity index (χ3v) is 4.23. The first kappa shape index (κ1) is 14.6. The summed E-state index contributed by atoms with van der Waals surface area (Å²) in [5, 5.41) is 12.1. The minimum atomic E-state index is -1.03. The Bertz CT molecular complexity index is 525. The molecule has 1 fully saturated rings. The van der Waals surface area contributed by atoms with Gasteiger partial charge in [-0.15, -0.1) is 0 Å². The fourth-order valence-electron chi connectivity index (χ4n) is 2.97. The highest BCUT2D eigenvalue weighted by Gasteiger charge is 2.25. The van der Waals surface area contributed by atoms with Crippen LogP contribution in [0.15, 0.2) is 0 Å². The average molecular weight is 278 g/mol. The van der Waals surface area contributed by atoms with Crippen molar-refractivity contribution in [2.45, 2.75) is 52.5 Å². The van der Waals surface area contributed by atoms with Crippen molar-refractivity contribution >= 4 is 11.9 Å². The van der Waals surface area contributed by atoms with Crippen LogP contribution in [-0.2, 0) is 0 Å². The number of aromatic nitrogens is 1. The van der Waals surface area contributed by atoms with E-state index in [1.54, 1.807) is 13.8 Å². The Hall–Kier alpha value is -1.78. The lowest BCUT2D eigenvalue weighted by Gasteiger charge is -2.27. The summed E-state index contributed by atoms with van der Waals surface area (Å²) >= 11 is 0. The van der Waals surface area contributed by atoms with Gasteiger partial charge in [-0.1, -0.05) is 6.92 Å². The van der Waals surface area contributed by atoms with Crippen LogP contribution in [0.25, 0.3) is 0 Å². The fraction of sp³-hybridized carbons (Fsp3) is 0.600. The maximum Gasteiger partial charge on any atom is 0.352 e. The van der Waals surface area contributed by atoms with Crippen LogP contribution < -0.4 is 5.32 Å². The number of aromatic carboxylic acids is 1. The Kier molecular flexibility index (Phi) is 4.16. The Balaban J connectivity index is 2.11. The van der Waals surface area contributed by atoms with Crippen molar-refractivity contribution in [1.82, 2.24) is 10.3 Å². The first-order valence-electron chi connectivity index (χ1n) is 7.13. The minimum absolute atomic E-state index is 0.102. The topological polar surface area (TPSA) is 82.2 Å². The van der Waals surface area contributed by atoms with Crippen molar-refractivity contribution in [3.05, 3.63) is 22.5 Å². The predicted molar refractivity (Wildman–Crippen MR) is 76.1 cm³/mol. The number of carbonyl (C=O) groups excluding carboxylic acids is 1. The van der Waals surface area contributed by atoms with E-state index in [0.29, 0.717) is 16.8 Å². The summed E-state index contributed by atoms with van der Waals surface area (Å²) in [4.78, 5) is 26.2. The summed E-state index contributed by atoms with van der Waals surface area (Å²) in [6.07, 6.45) is 4.27. The van der Waals surface area contributed by atoms with Gasteiger partial charge >= 0.3 is 5.97 Å². The van der Waals surface area contributed by atoms with Crippen molar-refractivity contribution in [3.63, 3.8) is 0 Å². The number of aromatic amines is 1. The molecule has 1 aliphatic rings. The number of H-pyrrole nitrogens is 1. The van der Waals surface area contributed by atoms with Crippen LogP contribution in [0.3, 0.4) is 0 Å². The SMILES string of the molecule is Cc1[nH]c(C(=O)O)c(C)c1C(=O)NC1CCC(C)CC1. The zero-order valence-electron chi connectivity index (χ0n) is 12.2. The molecule has 0 bridgehead atoms. The molecule has 5 heteroatoms. The number of carboxylic acid groups (broad SMARTS) is 1. The second kappa shape index (κ2) is 5.69. The molecule has 0 radical (unpaired) electrons. The van der Waals surface area contributed by atoms with E-state index in [0.717, 1.165) is 31.6 Å². The van der Waals surface area contributed by atoms with Gasteiger partial charge in [0.1, 0.15) is 5.69 Å². The molecule has 0 atom stereocenters. The molecular weight excluding hydrogens is 256 g/mol. The third-order valence-electron chi connectivity index (χ3n) is 4.23. The van der Waals surface area contributed by atoms with Gasteiger partial charge in [0, 0.05) is 11.7 Å². The molecule has 1 saturated carbocycles. The highest BCUT2D eigenvalue weighted by molar-refractivity contribution is 6.00. The van der Waals surface area contributed by atoms with Crippen molar-refractivity contribution in [2.24, 2.45) is 5.92 Å². The Morgan fingerprint density at radius 2 is 1.80 bits per heavy atom. The van der Waals surface area contributed by atoms with Crippen LogP contribution in [0.4, 0.5) is 0 Å². The van der Waals surface area contributed by atoms with Gasteiger partial charge in [-0.05, 0) is 51.0 Å². The van der Waals surface area contributed by atoms with Gasteiger partial charge in [0.05, 0.1) is 5.56 Å². The maximum atomic E-state index is 12.3. The predicted octanol–water partition coefficient (Wildman–Crippen LogP) is 2.64. The fourth-order valence-corrected chi connectivity index (χ4v) is 2.97. The molecule has 0 aliphatic heterocycles. The van der Waals surface area contributed by atoms with Gasteiger partial charge in [-0.2, -0.15) is 0 Å². The number of aryl methyl sites for hydroxylation is 1. The molecule has 0 spiro atoms. The molecule has 3 N–H and O–H groups in total. The van der Waals surface area contributed by atoms with E-state index in [9.17, 15) is 9.59 Å². The molecule has 1 amide bonds. The van der Waals surface area contributed by atoms with Gasteiger partial charge in [-0.25, -0.2) is 4.79 Å². The number of rotatable bonds is 3. The van der Waals surface area contributed by atoms with E-state index in [-0.39, 0.29) is 17.6 Å². The summed E-state index contributed by atoms with van der Waals surface area (Å²) in [7, 11) is 0. The summed E-state index contributed by atoms with van der Waals surface area (Å²) in [6, 6.07) is 0.209. The molecule has 5 nitrogen and oxygen atoms in total. The standard InChI is InChI=1S/C15H22N2O3/c1-8-4-6-11(7-5-8)17-14(18)12-9(2)13(15(19)20)16-10(12)3/h8,11,16H,4-7H2,1-3H3,(H,17,18)(H,19,20). The molecule has 1 heterocycles. The summed E-state index contributed by atoms with van der Waals surface area (Å²) < 4.78 is 0. The quantitative estimate of drug-likeness (QED) is 0.795. The van der Waals surface area contributed by atoms with Crippen molar-refractivity contribution in [2.75, 3.05) is 0 Å². The number of hydrogen-bond acceptors (Lipinski definition) is 2. The van der Waals surface area contributed by atoms with E-state index in [1.807, 2.05) is 0 Å². The largest absolute Gasteiger partial charge is 0.477 e. The lowest BCUT2D eigenvalue weighted by Crippen LogP contribution is -2.37. The number of amides is 1. The van der Waals surface area contributed by atoms with Crippen LogP contribution in [-0.4, -0.2) is 28.0 Å². The minimum Gasteiger partial charge on any atom is -0.477 e. The first-order chi connectivity index (χ1) is 9.40. The molecule has 2 rings (SSSR count). The van der Waals surface area contributed by atoms with Crippen LogP contribution in [0.1, 0.15) is 64.7 Å². The van der Waals surface area contributed by atoms with Gasteiger partial charge in [0.2, 0.25) is 0 Å². The molecule has 0 unspecified atom stereocenters. The Morgan fingerprint density at radius 1 is 1.20 bits per heavy atom. The highest BCUT2D eigenvalue weighted by atomic mass is 16.4. The molecular formula is C15H22N2O3. The zero-order chi connectivity index (χ0) is 14.9. The Labute approximate surface area is 118 Å². The number of nitrogens with one attached hydrogen (secondary N) is 2. The van der Waals surface area contributed by atoms with Crippen molar-refractivity contribution in [3.8, 4) is 0 Å². The average Bonchev–Trinajstić information content (AvgIpc) is 2.68. The number of carbonyl (C=O) groups is 2. The molecule has 1 aromatic heterocycles. The summed E-state index contributed by atoms with van der Waals surface area (Å²) in [5.41, 5.74) is 1.70. The lowest BCUT2D eigenvalue weighted by molar-refractivity contribution is 0.0690. The second-order valence-electron chi connectivity index (χ2n) is 5.86. The number of hydrogen-bond donors (Lipinski definition) is 3. The maximum absolute atomic E-state index is 12.3. The highest BCUT2D eigenvalue weighted by Crippen LogP contribution is 2.24. The van der Waals surface area contributed by atoms with Crippen LogP contribution in [0.2, 0.25) is 0 Å². The molecule has 1 aromatic rings. The van der Waals surface area contributed by atoms with Gasteiger partial charge < -0.3 is 15.4 Å². The Morgan fingerprint density at radius 3 is 2.30 bits per heavy atom. The smallest absolute Gasteiger partial charge is 0.352 e. The normalized spacial score (nSPS) is 22.6. The molecule has 20 heavy (non-hydrogen) atoms. The van der Waals surface area contributed by atoms with Gasteiger partial charge in [0.15, 0.2) is 0 Å². The van der Waals surface area contributed by atoms with Gasteiger partial charge in [-0.3, -0.25) is 4.79 Å². The number of carboxylic acids is 1. The summed E-state index contributed by atoms with van der Waals surface area (Å²) in [6.45, 7) is 5.64. The monoisotopic (exact) mass is 278 g/mol. The molecule has 0 saturated heterocycles. The van der Waals surface area contributed by atoms with Crippen LogP contribution in [0, 0.1) is 19.8 Å². The first-order valence-corrected chi connectivity index (χ1v) is 7.13. The molecule has 110 valence electrons. The van der Waals surface area contributed by atoms with E-state index in [1.165, 1.54) is 0 Å². The molecule has 0 aromatic carbocycles. The molecule has 1 aliphatic carbocycles. The van der Waals surface area contributed by atoms with E-state index < -0.39 is 5.97 Å². The van der Waals surface area contributed by atoms with Crippen molar-refractivity contribution < 1.29 is 14.7 Å². The van der Waals surface area contributed by atoms with Crippen molar-refractivity contribution in [1.29, 1.82) is 0 Å². The van der Waals surface area contributed by atoms with Crippen LogP contribution in [0.5, 0.6) is 0 Å². The van der Waals surface area contributed by atoms with Crippen LogP contribution >= 0.6 is 0 Å².